The number of carbonyl (C=O) groups excluding carboxylic acids is 2. The van der Waals surface area contributed by atoms with Gasteiger partial charge in [0.2, 0.25) is 0 Å². The van der Waals surface area contributed by atoms with Crippen LogP contribution in [0.5, 0.6) is 0 Å². The molecule has 0 aliphatic heterocycles. The van der Waals surface area contributed by atoms with Gasteiger partial charge in [0.25, 0.3) is 5.91 Å². The molecule has 0 saturated heterocycles. The molecular weight excluding hydrogens is 364 g/mol. The number of aromatic nitrogens is 2. The van der Waals surface area contributed by atoms with Gasteiger partial charge < -0.3 is 10.1 Å². The van der Waals surface area contributed by atoms with Crippen LogP contribution in [0, 0.1) is 11.3 Å². The van der Waals surface area contributed by atoms with Gasteiger partial charge in [0.1, 0.15) is 5.01 Å². The number of rotatable bonds is 6. The first-order valence-electron chi connectivity index (χ1n) is 7.94. The van der Waals surface area contributed by atoms with Gasteiger partial charge in [-0.15, -0.1) is 11.3 Å². The molecule has 7 nitrogen and oxygen atoms in total. The first kappa shape index (κ1) is 18.2. The summed E-state index contributed by atoms with van der Waals surface area (Å²) in [6.07, 6.45) is 3.36. The van der Waals surface area contributed by atoms with Crippen LogP contribution in [0.2, 0.25) is 0 Å². The minimum absolute atomic E-state index is 0.0199. The number of benzene rings is 1. The smallest absolute Gasteiger partial charge is 0.312 e. The normalized spacial score (nSPS) is 10.0. The van der Waals surface area contributed by atoms with Crippen LogP contribution in [0.3, 0.4) is 0 Å². The molecule has 0 saturated carbocycles. The number of esters is 1. The monoisotopic (exact) mass is 378 g/mol. The second-order valence-electron chi connectivity index (χ2n) is 5.46. The molecule has 134 valence electrons. The summed E-state index contributed by atoms with van der Waals surface area (Å²) in [4.78, 5) is 32.2. The van der Waals surface area contributed by atoms with Gasteiger partial charge in [0.15, 0.2) is 6.61 Å². The molecule has 8 heteroatoms. The molecule has 3 aromatic rings. The average Bonchev–Trinajstić information content (AvgIpc) is 3.15. The highest BCUT2D eigenvalue weighted by Crippen LogP contribution is 2.22. The number of pyridine rings is 1. The van der Waals surface area contributed by atoms with E-state index in [0.29, 0.717) is 16.9 Å². The molecule has 2 aromatic heterocycles. The first-order valence-corrected chi connectivity index (χ1v) is 8.82. The summed E-state index contributed by atoms with van der Waals surface area (Å²) in [7, 11) is 0. The number of carbonyl (C=O) groups is 2. The van der Waals surface area contributed by atoms with Crippen LogP contribution in [0.25, 0.3) is 10.6 Å². The molecule has 0 aliphatic rings. The highest BCUT2D eigenvalue weighted by Gasteiger charge is 2.12. The average molecular weight is 378 g/mol. The summed E-state index contributed by atoms with van der Waals surface area (Å²) in [5.41, 5.74) is 2.35. The Kier molecular flexibility index (Phi) is 5.87. The highest BCUT2D eigenvalue weighted by molar-refractivity contribution is 7.13. The van der Waals surface area contributed by atoms with E-state index in [9.17, 15) is 9.59 Å². The van der Waals surface area contributed by atoms with Gasteiger partial charge in [-0.05, 0) is 30.3 Å². The summed E-state index contributed by atoms with van der Waals surface area (Å²) in [5.74, 6) is -1.02. The lowest BCUT2D eigenvalue weighted by atomic mass is 10.2. The SMILES string of the molecule is N#Cc1cccc(NC(=O)COC(=O)Cc2csc(-c3cccnc3)n2)c1. The van der Waals surface area contributed by atoms with Gasteiger partial charge in [-0.2, -0.15) is 5.26 Å². The molecule has 1 amide bonds. The highest BCUT2D eigenvalue weighted by atomic mass is 32.1. The van der Waals surface area contributed by atoms with Crippen molar-refractivity contribution in [1.29, 1.82) is 5.26 Å². The lowest BCUT2D eigenvalue weighted by Gasteiger charge is -2.06. The van der Waals surface area contributed by atoms with Gasteiger partial charge >= 0.3 is 5.97 Å². The van der Waals surface area contributed by atoms with Gasteiger partial charge in [0, 0.05) is 29.0 Å². The van der Waals surface area contributed by atoms with E-state index in [1.807, 2.05) is 18.2 Å². The Morgan fingerprint density at radius 3 is 2.93 bits per heavy atom. The van der Waals surface area contributed by atoms with Crippen molar-refractivity contribution >= 4 is 28.9 Å². The van der Waals surface area contributed by atoms with Crippen LogP contribution in [0.4, 0.5) is 5.69 Å². The number of anilines is 1. The summed E-state index contributed by atoms with van der Waals surface area (Å²) in [6, 6.07) is 12.2. The Labute approximate surface area is 159 Å². The summed E-state index contributed by atoms with van der Waals surface area (Å²) in [6.45, 7) is -0.408. The van der Waals surface area contributed by atoms with Gasteiger partial charge in [-0.3, -0.25) is 14.6 Å². The fourth-order valence-corrected chi connectivity index (χ4v) is 3.03. The quantitative estimate of drug-likeness (QED) is 0.661. The molecule has 0 unspecified atom stereocenters. The lowest BCUT2D eigenvalue weighted by molar-refractivity contribution is -0.146. The summed E-state index contributed by atoms with van der Waals surface area (Å²) >= 11 is 1.41. The van der Waals surface area contributed by atoms with E-state index in [1.165, 1.54) is 17.4 Å². The molecule has 2 heterocycles. The lowest BCUT2D eigenvalue weighted by Crippen LogP contribution is -2.21. The summed E-state index contributed by atoms with van der Waals surface area (Å²) < 4.78 is 4.99. The number of hydrogen-bond donors (Lipinski definition) is 1. The fraction of sp³-hybridized carbons (Fsp3) is 0.105. The standard InChI is InChI=1S/C19H14N4O3S/c20-9-13-3-1-5-15(7-13)22-17(24)11-26-18(25)8-16-12-27-19(23-16)14-4-2-6-21-10-14/h1-7,10,12H,8,11H2,(H,22,24). The molecule has 0 radical (unpaired) electrons. The molecule has 0 atom stereocenters. The summed E-state index contributed by atoms with van der Waals surface area (Å²) in [5, 5.41) is 14.0. The predicted octanol–water partition coefficient (Wildman–Crippen LogP) is 2.80. The van der Waals surface area contributed by atoms with Crippen LogP contribution < -0.4 is 5.32 Å². The van der Waals surface area contributed by atoms with E-state index < -0.39 is 18.5 Å². The van der Waals surface area contributed by atoms with Crippen molar-refractivity contribution in [1.82, 2.24) is 9.97 Å². The van der Waals surface area contributed by atoms with E-state index in [4.69, 9.17) is 10.00 Å². The number of nitrogens with one attached hydrogen (secondary N) is 1. The third kappa shape index (κ3) is 5.20. The largest absolute Gasteiger partial charge is 0.455 e. The number of nitrogens with zero attached hydrogens (tertiary/aromatic N) is 3. The van der Waals surface area contributed by atoms with Gasteiger partial charge in [-0.25, -0.2) is 4.98 Å². The van der Waals surface area contributed by atoms with Crippen molar-refractivity contribution in [3.63, 3.8) is 0 Å². The van der Waals surface area contributed by atoms with E-state index in [2.05, 4.69) is 15.3 Å². The van der Waals surface area contributed by atoms with Crippen LogP contribution in [-0.2, 0) is 20.7 Å². The Hall–Kier alpha value is -3.57. The van der Waals surface area contributed by atoms with Crippen molar-refractivity contribution < 1.29 is 14.3 Å². The fourth-order valence-electron chi connectivity index (χ4n) is 2.22. The Morgan fingerprint density at radius 2 is 2.15 bits per heavy atom. The molecule has 0 spiro atoms. The Balaban J connectivity index is 1.49. The Morgan fingerprint density at radius 1 is 1.26 bits per heavy atom. The van der Waals surface area contributed by atoms with Crippen LogP contribution in [0.1, 0.15) is 11.3 Å². The van der Waals surface area contributed by atoms with Crippen molar-refractivity contribution in [2.24, 2.45) is 0 Å². The van der Waals surface area contributed by atoms with Crippen LogP contribution >= 0.6 is 11.3 Å². The van der Waals surface area contributed by atoms with E-state index in [0.717, 1.165) is 10.6 Å². The molecule has 1 N–H and O–H groups in total. The minimum Gasteiger partial charge on any atom is -0.455 e. The maximum absolute atomic E-state index is 11.9. The maximum Gasteiger partial charge on any atom is 0.312 e. The molecule has 27 heavy (non-hydrogen) atoms. The van der Waals surface area contributed by atoms with Crippen molar-refractivity contribution in [3.8, 4) is 16.6 Å². The van der Waals surface area contributed by atoms with E-state index in [1.54, 1.807) is 36.0 Å². The van der Waals surface area contributed by atoms with Crippen LogP contribution in [-0.4, -0.2) is 28.5 Å². The molecule has 3 rings (SSSR count). The zero-order chi connectivity index (χ0) is 19.1. The van der Waals surface area contributed by atoms with Crippen molar-refractivity contribution in [3.05, 3.63) is 65.4 Å². The molecule has 1 aromatic carbocycles. The minimum atomic E-state index is -0.543. The zero-order valence-electron chi connectivity index (χ0n) is 14.1. The van der Waals surface area contributed by atoms with E-state index in [-0.39, 0.29) is 6.42 Å². The number of amides is 1. The number of thiazole rings is 1. The second-order valence-corrected chi connectivity index (χ2v) is 6.32. The topological polar surface area (TPSA) is 105 Å². The molecular formula is C19H14N4O3S. The van der Waals surface area contributed by atoms with E-state index >= 15 is 0 Å². The van der Waals surface area contributed by atoms with Gasteiger partial charge in [0.05, 0.1) is 23.7 Å². The molecule has 0 aliphatic carbocycles. The maximum atomic E-state index is 11.9. The number of nitriles is 1. The van der Waals surface area contributed by atoms with Crippen LogP contribution in [0.15, 0.2) is 54.2 Å². The third-order valence-electron chi connectivity index (χ3n) is 3.43. The first-order chi connectivity index (χ1) is 13.1. The second kappa shape index (κ2) is 8.69. The number of ether oxygens (including phenoxy) is 1. The molecule has 0 fully saturated rings. The Bertz CT molecular complexity index is 995. The predicted molar refractivity (Wildman–Crippen MR) is 99.8 cm³/mol. The third-order valence-corrected chi connectivity index (χ3v) is 4.37. The number of hydrogen-bond acceptors (Lipinski definition) is 7. The van der Waals surface area contributed by atoms with Crippen molar-refractivity contribution in [2.45, 2.75) is 6.42 Å². The van der Waals surface area contributed by atoms with Gasteiger partial charge in [-0.1, -0.05) is 6.07 Å². The molecule has 0 bridgehead atoms. The van der Waals surface area contributed by atoms with Crippen molar-refractivity contribution in [2.75, 3.05) is 11.9 Å². The zero-order valence-corrected chi connectivity index (χ0v) is 14.9.